The molecule has 196 valence electrons. The van der Waals surface area contributed by atoms with E-state index in [0.29, 0.717) is 28.2 Å². The van der Waals surface area contributed by atoms with E-state index < -0.39 is 0 Å². The summed E-state index contributed by atoms with van der Waals surface area (Å²) in [6.45, 7) is 6.13. The molecule has 0 saturated heterocycles. The van der Waals surface area contributed by atoms with Crippen LogP contribution in [0.3, 0.4) is 0 Å². The van der Waals surface area contributed by atoms with Gasteiger partial charge in [-0.25, -0.2) is 0 Å². The molecule has 0 radical (unpaired) electrons. The van der Waals surface area contributed by atoms with Gasteiger partial charge in [0.2, 0.25) is 0 Å². The van der Waals surface area contributed by atoms with Gasteiger partial charge in [0, 0.05) is 72.4 Å². The number of benzene rings is 1. The smallest absolute Gasteiger partial charge is 0.251 e. The summed E-state index contributed by atoms with van der Waals surface area (Å²) in [4.78, 5) is 30.9. The van der Waals surface area contributed by atoms with Crippen LogP contribution in [0, 0.1) is 6.92 Å². The standard InChI is InChI=1S/C28H40ClN5O2/c1-6-33(21-11-9-20(10-12-21)32(4)5)25-15-19(29)14-22(18(25)2)28(36)31-17-23-24-8-7-13-34(24)27(30-3)16-26(23)35/h14-16,20-21,30H,6-13,17H2,1-5H3,(H,31,36)/t20-,21-. The van der Waals surface area contributed by atoms with Crippen LogP contribution in [0.25, 0.3) is 0 Å². The summed E-state index contributed by atoms with van der Waals surface area (Å²) in [5.41, 5.74) is 4.18. The first kappa shape index (κ1) is 26.6. The molecule has 1 aromatic carbocycles. The summed E-state index contributed by atoms with van der Waals surface area (Å²) >= 11 is 6.55. The Bertz CT molecular complexity index is 1170. The van der Waals surface area contributed by atoms with E-state index in [4.69, 9.17) is 11.6 Å². The van der Waals surface area contributed by atoms with E-state index in [1.165, 1.54) is 12.8 Å². The van der Waals surface area contributed by atoms with Crippen molar-refractivity contribution in [1.29, 1.82) is 0 Å². The maximum Gasteiger partial charge on any atom is 0.251 e. The van der Waals surface area contributed by atoms with Gasteiger partial charge in [0.25, 0.3) is 5.91 Å². The summed E-state index contributed by atoms with van der Waals surface area (Å²) in [6, 6.07) is 6.43. The monoisotopic (exact) mass is 513 g/mol. The van der Waals surface area contributed by atoms with Gasteiger partial charge >= 0.3 is 0 Å². The second-order valence-electron chi connectivity index (χ2n) is 10.3. The third kappa shape index (κ3) is 5.28. The van der Waals surface area contributed by atoms with Crippen LogP contribution in [-0.4, -0.2) is 55.1 Å². The van der Waals surface area contributed by atoms with Crippen molar-refractivity contribution < 1.29 is 4.79 Å². The molecule has 1 aromatic heterocycles. The number of hydrogen-bond acceptors (Lipinski definition) is 5. The maximum absolute atomic E-state index is 13.4. The summed E-state index contributed by atoms with van der Waals surface area (Å²) in [5, 5.41) is 6.68. The zero-order valence-electron chi connectivity index (χ0n) is 22.3. The van der Waals surface area contributed by atoms with E-state index in [9.17, 15) is 9.59 Å². The third-order valence-electron chi connectivity index (χ3n) is 8.08. The van der Waals surface area contributed by atoms with Crippen LogP contribution >= 0.6 is 11.6 Å². The molecule has 7 nitrogen and oxygen atoms in total. The molecular weight excluding hydrogens is 474 g/mol. The quantitative estimate of drug-likeness (QED) is 0.546. The predicted molar refractivity (Wildman–Crippen MR) is 149 cm³/mol. The van der Waals surface area contributed by atoms with Gasteiger partial charge in [-0.15, -0.1) is 0 Å². The fourth-order valence-electron chi connectivity index (χ4n) is 6.06. The van der Waals surface area contributed by atoms with Gasteiger partial charge in [-0.3, -0.25) is 9.59 Å². The lowest BCUT2D eigenvalue weighted by atomic mass is 9.89. The molecule has 0 spiro atoms. The van der Waals surface area contributed by atoms with Crippen LogP contribution in [0.4, 0.5) is 11.5 Å². The highest BCUT2D eigenvalue weighted by Crippen LogP contribution is 2.34. The number of nitrogens with one attached hydrogen (secondary N) is 2. The van der Waals surface area contributed by atoms with E-state index in [1.54, 1.807) is 12.1 Å². The van der Waals surface area contributed by atoms with Crippen LogP contribution in [-0.2, 0) is 19.5 Å². The van der Waals surface area contributed by atoms with Crippen molar-refractivity contribution in [2.75, 3.05) is 37.9 Å². The number of fused-ring (bicyclic) bond motifs is 1. The van der Waals surface area contributed by atoms with Crippen LogP contribution < -0.4 is 21.0 Å². The second kappa shape index (κ2) is 11.3. The Hall–Kier alpha value is -2.51. The number of rotatable bonds is 8. The molecule has 2 aromatic rings. The molecule has 1 amide bonds. The molecule has 2 heterocycles. The summed E-state index contributed by atoms with van der Waals surface area (Å²) in [5.74, 6) is 0.634. The largest absolute Gasteiger partial charge is 0.374 e. The first-order valence-corrected chi connectivity index (χ1v) is 13.6. The maximum atomic E-state index is 13.4. The molecule has 2 N–H and O–H groups in total. The molecule has 1 fully saturated rings. The summed E-state index contributed by atoms with van der Waals surface area (Å²) in [6.07, 6.45) is 6.45. The Morgan fingerprint density at radius 1 is 1.14 bits per heavy atom. The molecule has 4 rings (SSSR count). The van der Waals surface area contributed by atoms with E-state index in [0.717, 1.165) is 61.5 Å². The second-order valence-corrected chi connectivity index (χ2v) is 10.8. The molecule has 36 heavy (non-hydrogen) atoms. The number of anilines is 2. The number of aromatic nitrogens is 1. The summed E-state index contributed by atoms with van der Waals surface area (Å²) in [7, 11) is 6.15. The van der Waals surface area contributed by atoms with Crippen molar-refractivity contribution in [2.24, 2.45) is 0 Å². The minimum atomic E-state index is -0.197. The highest BCUT2D eigenvalue weighted by Gasteiger charge is 2.28. The Balaban J connectivity index is 1.55. The minimum Gasteiger partial charge on any atom is -0.374 e. The van der Waals surface area contributed by atoms with Gasteiger partial charge in [-0.05, 0) is 84.2 Å². The fourth-order valence-corrected chi connectivity index (χ4v) is 6.27. The SMILES string of the molecule is CCN(c1cc(Cl)cc(C(=O)NCc2c3n(c(NC)cc2=O)CCC3)c1C)[C@H]1CC[C@H](N(C)C)CC1. The van der Waals surface area contributed by atoms with E-state index in [2.05, 4.69) is 46.0 Å². The van der Waals surface area contributed by atoms with Crippen LogP contribution in [0.15, 0.2) is 23.0 Å². The lowest BCUT2D eigenvalue weighted by Gasteiger charge is -2.40. The number of carbonyl (C=O) groups is 1. The topological polar surface area (TPSA) is 69.6 Å². The average molecular weight is 514 g/mol. The van der Waals surface area contributed by atoms with Crippen molar-refractivity contribution in [1.82, 2.24) is 14.8 Å². The minimum absolute atomic E-state index is 0.0400. The Morgan fingerprint density at radius 3 is 2.47 bits per heavy atom. The highest BCUT2D eigenvalue weighted by atomic mass is 35.5. The fraction of sp³-hybridized carbons (Fsp3) is 0.571. The highest BCUT2D eigenvalue weighted by molar-refractivity contribution is 6.31. The Kier molecular flexibility index (Phi) is 8.30. The van der Waals surface area contributed by atoms with Gasteiger partial charge in [0.1, 0.15) is 5.82 Å². The Labute approximate surface area is 219 Å². The van der Waals surface area contributed by atoms with Gasteiger partial charge in [-0.1, -0.05) is 11.6 Å². The van der Waals surface area contributed by atoms with E-state index in [-0.39, 0.29) is 17.9 Å². The molecule has 1 aliphatic carbocycles. The first-order chi connectivity index (χ1) is 17.2. The number of hydrogen-bond donors (Lipinski definition) is 2. The van der Waals surface area contributed by atoms with Crippen molar-refractivity contribution in [3.63, 3.8) is 0 Å². The lowest BCUT2D eigenvalue weighted by molar-refractivity contribution is 0.0950. The molecule has 2 aliphatic rings. The van der Waals surface area contributed by atoms with Crippen molar-refractivity contribution in [3.05, 3.63) is 55.8 Å². The number of pyridine rings is 1. The van der Waals surface area contributed by atoms with Gasteiger partial charge in [-0.2, -0.15) is 0 Å². The third-order valence-corrected chi connectivity index (χ3v) is 8.30. The van der Waals surface area contributed by atoms with Crippen LogP contribution in [0.2, 0.25) is 5.02 Å². The first-order valence-electron chi connectivity index (χ1n) is 13.2. The molecular formula is C28H40ClN5O2. The van der Waals surface area contributed by atoms with Gasteiger partial charge in [0.05, 0.1) is 0 Å². The van der Waals surface area contributed by atoms with Gasteiger partial charge < -0.3 is 25.0 Å². The van der Waals surface area contributed by atoms with Crippen molar-refractivity contribution in [2.45, 2.75) is 77.5 Å². The van der Waals surface area contributed by atoms with Crippen molar-refractivity contribution >= 4 is 29.0 Å². The van der Waals surface area contributed by atoms with Crippen LogP contribution in [0.5, 0.6) is 0 Å². The van der Waals surface area contributed by atoms with Gasteiger partial charge in [0.15, 0.2) is 5.43 Å². The lowest BCUT2D eigenvalue weighted by Crippen LogP contribution is -2.42. The van der Waals surface area contributed by atoms with Crippen molar-refractivity contribution in [3.8, 4) is 0 Å². The zero-order chi connectivity index (χ0) is 26.0. The zero-order valence-corrected chi connectivity index (χ0v) is 23.0. The summed E-state index contributed by atoms with van der Waals surface area (Å²) < 4.78 is 2.15. The average Bonchev–Trinajstić information content (AvgIpc) is 3.35. The molecule has 0 unspecified atom stereocenters. The molecule has 1 aliphatic heterocycles. The number of carbonyl (C=O) groups excluding carboxylic acids is 1. The molecule has 0 atom stereocenters. The molecule has 0 bridgehead atoms. The Morgan fingerprint density at radius 2 is 1.83 bits per heavy atom. The molecule has 8 heteroatoms. The number of nitrogens with zero attached hydrogens (tertiary/aromatic N) is 3. The normalized spacial score (nSPS) is 19.3. The molecule has 1 saturated carbocycles. The number of amides is 1. The van der Waals surface area contributed by atoms with E-state index >= 15 is 0 Å². The van der Waals surface area contributed by atoms with Crippen LogP contribution in [0.1, 0.15) is 66.2 Å². The predicted octanol–water partition coefficient (Wildman–Crippen LogP) is 4.43. The van der Waals surface area contributed by atoms with E-state index in [1.807, 2.05) is 20.0 Å². The number of halogens is 1.